The molecule has 0 spiro atoms. The Kier molecular flexibility index (Phi) is 53.9. The van der Waals surface area contributed by atoms with Gasteiger partial charge in [-0.25, -0.2) is 0 Å². The van der Waals surface area contributed by atoms with Gasteiger partial charge in [-0.15, -0.1) is 89.3 Å². The molecule has 22 heteroatoms. The molecule has 2 N–H and O–H groups in total. The predicted octanol–water partition coefficient (Wildman–Crippen LogP) is 12.9. The molecule has 0 amide bonds. The van der Waals surface area contributed by atoms with Crippen molar-refractivity contribution in [3.8, 4) is 0 Å². The molecule has 11 unspecified atom stereocenters. The van der Waals surface area contributed by atoms with E-state index in [4.69, 9.17) is 14.9 Å². The highest BCUT2D eigenvalue weighted by Crippen LogP contribution is 3.04. The second-order valence-corrected chi connectivity index (χ2v) is 66.2. The lowest BCUT2D eigenvalue weighted by Gasteiger charge is -2.22. The number of esters is 1. The number of hydrogen-bond donors (Lipinski definition) is 2. The van der Waals surface area contributed by atoms with E-state index >= 15 is 0 Å². The zero-order valence-electron chi connectivity index (χ0n) is 23.3. The number of aliphatic hydroxyl groups is 1. The van der Waals surface area contributed by atoms with Crippen LogP contribution in [-0.2, 0) is 14.3 Å². The summed E-state index contributed by atoms with van der Waals surface area (Å²) in [5.41, 5.74) is 0. The van der Waals surface area contributed by atoms with Crippen molar-refractivity contribution >= 4 is 151 Å². The van der Waals surface area contributed by atoms with E-state index in [-0.39, 0.29) is 47.5 Å². The number of carboxylic acids is 1. The minimum absolute atomic E-state index is 0.110. The van der Waals surface area contributed by atoms with Crippen LogP contribution >= 0.6 is 139 Å². The third kappa shape index (κ3) is 46.4. The molecule has 39 heavy (non-hydrogen) atoms. The molecule has 0 radical (unpaired) electrons. The molecule has 11 atom stereocenters. The standard InChI is InChI=1S/C9H18O3.C8H16O2.H11P9.H10P8/c1-2-12-9(11)7-5-3-4-6-8-10;1-2-3-4-5-6-7-8(9)10;1-6-9(7(2)3)8(4)5;1-6(2)8(5)7(3)4/h10H,2-8H2,1H3;2-7H2,1H3,(H,9,10);6H,1-5H2;1-5H2. The molecule has 0 rings (SSSR count). The van der Waals surface area contributed by atoms with Gasteiger partial charge in [0.05, 0.1) is 6.61 Å². The highest BCUT2D eigenvalue weighted by molar-refractivity contribution is 9.10. The Morgan fingerprint density at radius 3 is 1.41 bits per heavy atom. The largest absolute Gasteiger partial charge is 0.481 e. The summed E-state index contributed by atoms with van der Waals surface area (Å²) in [6.07, 6.45) is 10.1. The fourth-order valence-electron chi connectivity index (χ4n) is 2.22. The summed E-state index contributed by atoms with van der Waals surface area (Å²) in [6, 6.07) is 0. The van der Waals surface area contributed by atoms with Gasteiger partial charge in [0.2, 0.25) is 0 Å². The van der Waals surface area contributed by atoms with Crippen LogP contribution in [0.1, 0.15) is 84.5 Å². The van der Waals surface area contributed by atoms with Gasteiger partial charge >= 0.3 is 11.9 Å². The van der Waals surface area contributed by atoms with Crippen molar-refractivity contribution in [2.45, 2.75) is 84.5 Å². The van der Waals surface area contributed by atoms with E-state index in [1.54, 1.807) is 0 Å². The summed E-state index contributed by atoms with van der Waals surface area (Å²) in [5.74, 6) is -0.780. The van der Waals surface area contributed by atoms with Crippen LogP contribution in [0.5, 0.6) is 0 Å². The summed E-state index contributed by atoms with van der Waals surface area (Å²) in [7, 11) is 30.0. The zero-order chi connectivity index (χ0) is 31.2. The summed E-state index contributed by atoms with van der Waals surface area (Å²) in [6.45, 7) is 5.81. The molecule has 0 bridgehead atoms. The number of aliphatic carboxylic acids is 1. The molecule has 0 saturated heterocycles. The fraction of sp³-hybridized carbons (Fsp3) is 0.882. The van der Waals surface area contributed by atoms with E-state index in [0.29, 0.717) is 26.4 Å². The molecule has 0 fully saturated rings. The molecular formula is C17H55O5P17. The molecule has 238 valence electrons. The average molecular weight is 866 g/mol. The van der Waals surface area contributed by atoms with Gasteiger partial charge in [-0.05, 0) is 68.1 Å². The number of hydrogen-bond acceptors (Lipinski definition) is 4. The molecule has 0 aliphatic heterocycles. The van der Waals surface area contributed by atoms with Crippen molar-refractivity contribution in [3.63, 3.8) is 0 Å². The Bertz CT molecular complexity index is 518. The first-order chi connectivity index (χ1) is 18.2. The third-order valence-corrected chi connectivity index (χ3v) is 86.2. The number of carbonyl (C=O) groups is 2. The van der Waals surface area contributed by atoms with Crippen molar-refractivity contribution in [1.82, 2.24) is 0 Å². The number of unbranched alkanes of at least 4 members (excludes halogenated alkanes) is 7. The molecule has 0 aliphatic carbocycles. The third-order valence-electron chi connectivity index (χ3n) is 4.11. The first-order valence-corrected chi connectivity index (χ1v) is 41.3. The highest BCUT2D eigenvalue weighted by atomic mass is 33.2. The quantitative estimate of drug-likeness (QED) is 0.0814. The Labute approximate surface area is 271 Å². The second-order valence-electron chi connectivity index (χ2n) is 7.51. The van der Waals surface area contributed by atoms with E-state index in [1.807, 2.05) is 6.92 Å². The maximum Gasteiger partial charge on any atom is 0.305 e. The van der Waals surface area contributed by atoms with Crippen LogP contribution < -0.4 is 0 Å². The maximum atomic E-state index is 10.8. The number of carbonyl (C=O) groups excluding carboxylic acids is 1. The molecule has 5 nitrogen and oxygen atoms in total. The summed E-state index contributed by atoms with van der Waals surface area (Å²) in [5, 5.41) is 16.7. The van der Waals surface area contributed by atoms with E-state index in [9.17, 15) is 9.59 Å². The number of aliphatic hydroxyl groups excluding tert-OH is 1. The van der Waals surface area contributed by atoms with Gasteiger partial charge in [0.25, 0.3) is 0 Å². The Balaban J connectivity index is -0.000000212. The van der Waals surface area contributed by atoms with Crippen LogP contribution in [-0.4, -0.2) is 35.4 Å². The molecule has 0 heterocycles. The van der Waals surface area contributed by atoms with E-state index in [1.165, 1.54) is 19.3 Å². The lowest BCUT2D eigenvalue weighted by molar-refractivity contribution is -0.143. The number of carboxylic acid groups (broad SMARTS) is 1. The van der Waals surface area contributed by atoms with Crippen LogP contribution in [0, 0.1) is 0 Å². The minimum Gasteiger partial charge on any atom is -0.481 e. The number of rotatable bonds is 18. The highest BCUT2D eigenvalue weighted by Gasteiger charge is 2.14. The first kappa shape index (κ1) is 52.0. The van der Waals surface area contributed by atoms with Gasteiger partial charge in [0.1, 0.15) is 0 Å². The van der Waals surface area contributed by atoms with Gasteiger partial charge in [0, 0.05) is 19.4 Å². The van der Waals surface area contributed by atoms with Gasteiger partial charge < -0.3 is 14.9 Å². The van der Waals surface area contributed by atoms with Crippen molar-refractivity contribution in [2.24, 2.45) is 0 Å². The van der Waals surface area contributed by atoms with Crippen LogP contribution in [0.15, 0.2) is 0 Å². The molecule has 0 aliphatic rings. The molecular weight excluding hydrogens is 811 g/mol. The molecule has 0 saturated carbocycles. The SMILES string of the molecule is CCCCCCCC(=O)O.CCOC(=O)CCCCCCO.PP(P)P(P)P(P)P.PPP(P(P)P)P(P)P. The Morgan fingerprint density at radius 2 is 1.13 bits per heavy atom. The number of ether oxygens (including phenoxy) is 1. The van der Waals surface area contributed by atoms with Crippen molar-refractivity contribution in [2.75, 3.05) is 13.2 Å². The maximum absolute atomic E-state index is 10.8. The van der Waals surface area contributed by atoms with Gasteiger partial charge in [-0.2, -0.15) is 0 Å². The zero-order valence-corrected chi connectivity index (χ0v) is 41.2. The molecule has 0 aromatic carbocycles. The lowest BCUT2D eigenvalue weighted by atomic mass is 10.1. The summed E-state index contributed by atoms with van der Waals surface area (Å²) in [4.78, 5) is 20.8. The normalized spacial score (nSPS) is 11.1. The van der Waals surface area contributed by atoms with Gasteiger partial charge in [-0.3, -0.25) is 9.59 Å². The second kappa shape index (κ2) is 40.4. The lowest BCUT2D eigenvalue weighted by Crippen LogP contribution is -2.03. The first-order valence-electron chi connectivity index (χ1n) is 12.2. The van der Waals surface area contributed by atoms with Crippen molar-refractivity contribution in [1.29, 1.82) is 0 Å². The van der Waals surface area contributed by atoms with E-state index < -0.39 is 5.97 Å². The van der Waals surface area contributed by atoms with Crippen LogP contribution in [0.4, 0.5) is 0 Å². The predicted molar refractivity (Wildman–Crippen MR) is 235 cm³/mol. The van der Waals surface area contributed by atoms with Crippen molar-refractivity contribution in [3.05, 3.63) is 0 Å². The van der Waals surface area contributed by atoms with Gasteiger partial charge in [-0.1, -0.05) is 53.4 Å². The topological polar surface area (TPSA) is 83.8 Å². The summed E-state index contributed by atoms with van der Waals surface area (Å²) < 4.78 is 4.76. The average Bonchev–Trinajstić information content (AvgIpc) is 2.84. The van der Waals surface area contributed by atoms with Gasteiger partial charge in [0.15, 0.2) is 0 Å². The minimum atomic E-state index is -0.670. The van der Waals surface area contributed by atoms with Crippen LogP contribution in [0.3, 0.4) is 0 Å². The van der Waals surface area contributed by atoms with Crippen LogP contribution in [0.2, 0.25) is 0 Å². The summed E-state index contributed by atoms with van der Waals surface area (Å²) >= 11 is 0. The van der Waals surface area contributed by atoms with Crippen LogP contribution in [0.25, 0.3) is 0 Å². The Morgan fingerprint density at radius 1 is 0.692 bits per heavy atom. The smallest absolute Gasteiger partial charge is 0.305 e. The van der Waals surface area contributed by atoms with Crippen molar-refractivity contribution < 1.29 is 24.5 Å². The molecule has 0 aromatic heterocycles. The Hall–Kier alpha value is 6.21. The fourth-order valence-corrected chi connectivity index (χ4v) is 92.2. The van der Waals surface area contributed by atoms with E-state index in [0.717, 1.165) is 46.5 Å². The molecule has 0 aromatic rings. The monoisotopic (exact) mass is 866 g/mol. The van der Waals surface area contributed by atoms with E-state index in [2.05, 4.69) is 96.2 Å².